The lowest BCUT2D eigenvalue weighted by Crippen LogP contribution is -2.05. The second kappa shape index (κ2) is 6.72. The summed E-state index contributed by atoms with van der Waals surface area (Å²) >= 11 is 12.5. The number of imidazole rings is 2. The summed E-state index contributed by atoms with van der Waals surface area (Å²) in [6, 6.07) is 7.92. The minimum atomic E-state index is 0.367. The predicted octanol–water partition coefficient (Wildman–Crippen LogP) is 4.72. The highest BCUT2D eigenvalue weighted by Crippen LogP contribution is 2.35. The molecule has 30 heavy (non-hydrogen) atoms. The number of H-pyrrole nitrogens is 1. The van der Waals surface area contributed by atoms with Gasteiger partial charge in [0.1, 0.15) is 5.82 Å². The lowest BCUT2D eigenvalue weighted by atomic mass is 10.3. The van der Waals surface area contributed by atoms with E-state index < -0.39 is 0 Å². The third-order valence-electron chi connectivity index (χ3n) is 5.22. The Morgan fingerprint density at radius 3 is 2.93 bits per heavy atom. The number of halogens is 2. The first-order valence-corrected chi connectivity index (χ1v) is 10.4. The van der Waals surface area contributed by atoms with Crippen LogP contribution >= 0.6 is 23.2 Å². The molecule has 0 aliphatic heterocycles. The molecule has 4 heterocycles. The van der Waals surface area contributed by atoms with Gasteiger partial charge in [0.05, 0.1) is 52.4 Å². The zero-order valence-corrected chi connectivity index (χ0v) is 17.2. The largest absolute Gasteiger partial charge is 0.375 e. The molecule has 2 N–H and O–H groups in total. The number of fused-ring (bicyclic) bond motifs is 2. The van der Waals surface area contributed by atoms with E-state index >= 15 is 0 Å². The van der Waals surface area contributed by atoms with E-state index in [2.05, 4.69) is 30.5 Å². The number of rotatable bonds is 5. The molecule has 1 saturated carbocycles. The van der Waals surface area contributed by atoms with Gasteiger partial charge in [0, 0.05) is 17.8 Å². The Balaban J connectivity index is 1.33. The van der Waals surface area contributed by atoms with Crippen molar-refractivity contribution in [2.45, 2.75) is 25.4 Å². The summed E-state index contributed by atoms with van der Waals surface area (Å²) in [6.45, 7) is 0.461. The lowest BCUT2D eigenvalue weighted by molar-refractivity contribution is 0.642. The number of hydrogen-bond donors (Lipinski definition) is 2. The molecule has 5 aromatic rings. The van der Waals surface area contributed by atoms with Crippen molar-refractivity contribution in [3.05, 3.63) is 58.9 Å². The molecule has 8 nitrogen and oxygen atoms in total. The number of anilines is 1. The van der Waals surface area contributed by atoms with Crippen LogP contribution in [-0.2, 0) is 6.54 Å². The summed E-state index contributed by atoms with van der Waals surface area (Å²) in [5.41, 5.74) is 4.91. The Labute approximate surface area is 180 Å². The van der Waals surface area contributed by atoms with E-state index in [1.54, 1.807) is 16.8 Å². The van der Waals surface area contributed by atoms with Gasteiger partial charge in [-0.1, -0.05) is 29.3 Å². The van der Waals surface area contributed by atoms with Gasteiger partial charge >= 0.3 is 0 Å². The smallest absolute Gasteiger partial charge is 0.177 e. The number of aromatic amines is 1. The van der Waals surface area contributed by atoms with E-state index in [0.29, 0.717) is 28.4 Å². The average molecular weight is 439 g/mol. The molecular weight excluding hydrogens is 423 g/mol. The van der Waals surface area contributed by atoms with Crippen molar-refractivity contribution in [2.75, 3.05) is 5.32 Å². The zero-order valence-electron chi connectivity index (χ0n) is 15.7. The molecule has 1 aromatic carbocycles. The highest BCUT2D eigenvalue weighted by atomic mass is 35.5. The van der Waals surface area contributed by atoms with Crippen molar-refractivity contribution < 1.29 is 0 Å². The summed E-state index contributed by atoms with van der Waals surface area (Å²) in [4.78, 5) is 12.4. The van der Waals surface area contributed by atoms with Crippen LogP contribution in [0.3, 0.4) is 0 Å². The zero-order chi connectivity index (χ0) is 20.2. The van der Waals surface area contributed by atoms with Crippen molar-refractivity contribution in [3.63, 3.8) is 0 Å². The monoisotopic (exact) mass is 438 g/mol. The van der Waals surface area contributed by atoms with E-state index in [1.165, 1.54) is 12.8 Å². The fraction of sp³-hybridized carbons (Fsp3) is 0.200. The first-order chi connectivity index (χ1) is 14.7. The van der Waals surface area contributed by atoms with Crippen LogP contribution in [0.4, 0.5) is 5.69 Å². The molecule has 0 radical (unpaired) electrons. The molecule has 150 valence electrons. The topological polar surface area (TPSA) is 88.7 Å². The maximum Gasteiger partial charge on any atom is 0.177 e. The SMILES string of the molecule is Clc1cc(NCc2nc3cccc(Cl)c3[nH]2)c2ncc(-c3cnn(C4CC4)c3)n2n1. The molecule has 1 fully saturated rings. The molecule has 1 aliphatic carbocycles. The van der Waals surface area contributed by atoms with Crippen molar-refractivity contribution in [1.29, 1.82) is 0 Å². The number of nitrogens with zero attached hydrogens (tertiary/aromatic N) is 6. The van der Waals surface area contributed by atoms with Crippen LogP contribution in [0.15, 0.2) is 42.9 Å². The van der Waals surface area contributed by atoms with E-state index in [-0.39, 0.29) is 0 Å². The van der Waals surface area contributed by atoms with Crippen LogP contribution in [0.2, 0.25) is 10.2 Å². The van der Waals surface area contributed by atoms with Crippen LogP contribution < -0.4 is 5.32 Å². The Morgan fingerprint density at radius 1 is 1.20 bits per heavy atom. The summed E-state index contributed by atoms with van der Waals surface area (Å²) in [5.74, 6) is 0.765. The quantitative estimate of drug-likeness (QED) is 0.414. The van der Waals surface area contributed by atoms with Crippen LogP contribution in [0, 0.1) is 0 Å². The third-order valence-corrected chi connectivity index (χ3v) is 5.72. The number of para-hydroxylation sites is 1. The predicted molar refractivity (Wildman–Crippen MR) is 116 cm³/mol. The number of aromatic nitrogens is 7. The molecule has 6 rings (SSSR count). The van der Waals surface area contributed by atoms with Crippen LogP contribution in [0.25, 0.3) is 27.9 Å². The van der Waals surface area contributed by atoms with E-state index in [1.807, 2.05) is 35.3 Å². The number of hydrogen-bond acceptors (Lipinski definition) is 5. The van der Waals surface area contributed by atoms with Gasteiger partial charge in [0.2, 0.25) is 0 Å². The lowest BCUT2D eigenvalue weighted by Gasteiger charge is -2.07. The molecule has 4 aromatic heterocycles. The van der Waals surface area contributed by atoms with Crippen molar-refractivity contribution in [1.82, 2.24) is 34.3 Å². The van der Waals surface area contributed by atoms with Crippen molar-refractivity contribution in [3.8, 4) is 11.3 Å². The first kappa shape index (κ1) is 17.7. The third kappa shape index (κ3) is 3.00. The van der Waals surface area contributed by atoms with Gasteiger partial charge < -0.3 is 10.3 Å². The van der Waals surface area contributed by atoms with E-state index in [0.717, 1.165) is 33.8 Å². The highest BCUT2D eigenvalue weighted by molar-refractivity contribution is 6.34. The van der Waals surface area contributed by atoms with E-state index in [4.69, 9.17) is 23.2 Å². The average Bonchev–Trinajstić information content (AvgIpc) is 3.14. The standard InChI is InChI=1S/C20H16Cl2N8/c21-13-2-1-3-14-19(13)27-18(26-14)9-23-15-6-17(22)28-30-16(8-24-20(15)30)11-7-25-29(10-11)12-4-5-12/h1-3,6-8,10,12,23H,4-5,9H2,(H,26,27). The van der Waals surface area contributed by atoms with Gasteiger partial charge in [0.25, 0.3) is 0 Å². The Bertz CT molecular complexity index is 1390. The summed E-state index contributed by atoms with van der Waals surface area (Å²) < 4.78 is 3.75. The normalized spacial score (nSPS) is 14.1. The molecule has 0 saturated heterocycles. The summed E-state index contributed by atoms with van der Waals surface area (Å²) in [6.07, 6.45) is 8.03. The number of nitrogens with one attached hydrogen (secondary N) is 2. The minimum Gasteiger partial charge on any atom is -0.375 e. The van der Waals surface area contributed by atoms with Crippen molar-refractivity contribution >= 4 is 45.6 Å². The van der Waals surface area contributed by atoms with Gasteiger partial charge in [-0.25, -0.2) is 14.5 Å². The Morgan fingerprint density at radius 2 is 2.10 bits per heavy atom. The van der Waals surface area contributed by atoms with Crippen LogP contribution in [0.5, 0.6) is 0 Å². The molecule has 1 aliphatic rings. The highest BCUT2D eigenvalue weighted by Gasteiger charge is 2.25. The van der Waals surface area contributed by atoms with Gasteiger partial charge in [-0.3, -0.25) is 4.68 Å². The van der Waals surface area contributed by atoms with Gasteiger partial charge in [-0.2, -0.15) is 10.2 Å². The molecule has 0 unspecified atom stereocenters. The van der Waals surface area contributed by atoms with Gasteiger partial charge in [0.15, 0.2) is 10.8 Å². The second-order valence-electron chi connectivity index (χ2n) is 7.37. The molecular formula is C20H16Cl2N8. The maximum atomic E-state index is 6.31. The molecule has 0 spiro atoms. The maximum absolute atomic E-state index is 6.31. The fourth-order valence-electron chi connectivity index (χ4n) is 3.58. The van der Waals surface area contributed by atoms with Gasteiger partial charge in [-0.05, 0) is 25.0 Å². The fourth-order valence-corrected chi connectivity index (χ4v) is 3.99. The molecule has 0 atom stereocenters. The van der Waals surface area contributed by atoms with Crippen LogP contribution in [0.1, 0.15) is 24.7 Å². The summed E-state index contributed by atoms with van der Waals surface area (Å²) in [7, 11) is 0. The Kier molecular flexibility index (Phi) is 3.97. The molecule has 10 heteroatoms. The van der Waals surface area contributed by atoms with Crippen LogP contribution in [-0.4, -0.2) is 34.3 Å². The molecule has 0 amide bonds. The summed E-state index contributed by atoms with van der Waals surface area (Å²) in [5, 5.41) is 13.3. The first-order valence-electron chi connectivity index (χ1n) is 9.61. The van der Waals surface area contributed by atoms with Gasteiger partial charge in [-0.15, -0.1) is 0 Å². The molecule has 0 bridgehead atoms. The Hall–Kier alpha value is -3.10. The number of benzene rings is 1. The minimum absolute atomic E-state index is 0.367. The second-order valence-corrected chi connectivity index (χ2v) is 8.17. The van der Waals surface area contributed by atoms with E-state index in [9.17, 15) is 0 Å². The van der Waals surface area contributed by atoms with Crippen molar-refractivity contribution in [2.24, 2.45) is 0 Å².